The normalized spacial score (nSPS) is 10.8. The second kappa shape index (κ2) is 3.30. The van der Waals surface area contributed by atoms with Crippen LogP contribution in [0.15, 0.2) is 36.4 Å². The molecule has 0 radical (unpaired) electrons. The maximum Gasteiger partial charge on any atom is 0.202 e. The fourth-order valence-electron chi connectivity index (χ4n) is 1.56. The van der Waals surface area contributed by atoms with E-state index in [1.165, 1.54) is 0 Å². The number of benzene rings is 1. The van der Waals surface area contributed by atoms with E-state index >= 15 is 0 Å². The molecule has 1 aromatic carbocycles. The Bertz CT molecular complexity index is 647. The molecular formula is C11H8N4O. The number of aromatic nitrogens is 4. The highest BCUT2D eigenvalue weighted by Gasteiger charge is 2.04. The summed E-state index contributed by atoms with van der Waals surface area (Å²) in [6, 6.07) is 10.6. The summed E-state index contributed by atoms with van der Waals surface area (Å²) in [6.45, 7) is 0. The average molecular weight is 212 g/mol. The number of phenolic OH excluding ortho intramolecular Hbond substituents is 1. The molecule has 78 valence electrons. The van der Waals surface area contributed by atoms with E-state index in [2.05, 4.69) is 20.4 Å². The smallest absolute Gasteiger partial charge is 0.202 e. The predicted octanol–water partition coefficient (Wildman–Crippen LogP) is 1.73. The summed E-state index contributed by atoms with van der Waals surface area (Å²) in [7, 11) is 0. The number of hydrogen-bond acceptors (Lipinski definition) is 4. The van der Waals surface area contributed by atoms with Crippen molar-refractivity contribution in [2.45, 2.75) is 0 Å². The molecule has 0 amide bonds. The largest absolute Gasteiger partial charge is 0.508 e. The highest BCUT2D eigenvalue weighted by molar-refractivity contribution is 5.74. The van der Waals surface area contributed by atoms with E-state index in [1.54, 1.807) is 18.2 Å². The Balaban J connectivity index is 2.18. The molecular weight excluding hydrogens is 204 g/mol. The molecule has 0 spiro atoms. The average Bonchev–Trinajstić information content (AvgIpc) is 2.75. The lowest BCUT2D eigenvalue weighted by atomic mass is 10.1. The molecule has 2 aromatic heterocycles. The van der Waals surface area contributed by atoms with Gasteiger partial charge in [-0.05, 0) is 24.3 Å². The van der Waals surface area contributed by atoms with Gasteiger partial charge in [0, 0.05) is 5.56 Å². The number of pyridine rings is 1. The van der Waals surface area contributed by atoms with Crippen LogP contribution in [0.1, 0.15) is 0 Å². The zero-order chi connectivity index (χ0) is 11.0. The number of fused-ring (bicyclic) bond motifs is 1. The van der Waals surface area contributed by atoms with Crippen molar-refractivity contribution in [1.29, 1.82) is 0 Å². The van der Waals surface area contributed by atoms with Crippen molar-refractivity contribution in [2.75, 3.05) is 0 Å². The van der Waals surface area contributed by atoms with Gasteiger partial charge in [0.25, 0.3) is 0 Å². The number of aromatic amines is 1. The van der Waals surface area contributed by atoms with Crippen LogP contribution in [0.5, 0.6) is 5.75 Å². The summed E-state index contributed by atoms with van der Waals surface area (Å²) in [4.78, 5) is 4.33. The SMILES string of the molecule is Oc1cccc(-c2ccc3n[nH]nc3n2)c1. The van der Waals surface area contributed by atoms with Crippen molar-refractivity contribution in [1.82, 2.24) is 20.4 Å². The summed E-state index contributed by atoms with van der Waals surface area (Å²) in [5.41, 5.74) is 2.91. The van der Waals surface area contributed by atoms with Gasteiger partial charge in [-0.2, -0.15) is 10.3 Å². The molecule has 2 N–H and O–H groups in total. The van der Waals surface area contributed by atoms with Gasteiger partial charge in [0.05, 0.1) is 5.69 Å². The van der Waals surface area contributed by atoms with Crippen molar-refractivity contribution >= 4 is 11.2 Å². The minimum Gasteiger partial charge on any atom is -0.508 e. The van der Waals surface area contributed by atoms with E-state index in [0.29, 0.717) is 5.65 Å². The van der Waals surface area contributed by atoms with Gasteiger partial charge in [0.15, 0.2) is 0 Å². The molecule has 5 nitrogen and oxygen atoms in total. The third-order valence-electron chi connectivity index (χ3n) is 2.32. The predicted molar refractivity (Wildman–Crippen MR) is 58.8 cm³/mol. The van der Waals surface area contributed by atoms with Crippen LogP contribution in [0.4, 0.5) is 0 Å². The lowest BCUT2D eigenvalue weighted by Gasteiger charge is -2.00. The fraction of sp³-hybridized carbons (Fsp3) is 0. The number of phenols is 1. The second-order valence-electron chi connectivity index (χ2n) is 3.41. The molecule has 0 aliphatic carbocycles. The number of nitrogens with zero attached hydrogens (tertiary/aromatic N) is 3. The van der Waals surface area contributed by atoms with Crippen LogP contribution in [0, 0.1) is 0 Å². The molecule has 0 aliphatic heterocycles. The first kappa shape index (κ1) is 8.84. The van der Waals surface area contributed by atoms with Crippen LogP contribution in [0.3, 0.4) is 0 Å². The summed E-state index contributed by atoms with van der Waals surface area (Å²) in [6.07, 6.45) is 0. The summed E-state index contributed by atoms with van der Waals surface area (Å²) < 4.78 is 0. The van der Waals surface area contributed by atoms with Gasteiger partial charge in [0.2, 0.25) is 5.65 Å². The maximum atomic E-state index is 9.39. The monoisotopic (exact) mass is 212 g/mol. The first-order valence-corrected chi connectivity index (χ1v) is 4.80. The molecule has 2 heterocycles. The zero-order valence-electron chi connectivity index (χ0n) is 8.25. The van der Waals surface area contributed by atoms with Crippen LogP contribution in [-0.4, -0.2) is 25.5 Å². The number of H-pyrrole nitrogens is 1. The minimum atomic E-state index is 0.222. The Hall–Kier alpha value is -2.43. The van der Waals surface area contributed by atoms with Gasteiger partial charge in [-0.1, -0.05) is 12.1 Å². The van der Waals surface area contributed by atoms with Crippen LogP contribution in [-0.2, 0) is 0 Å². The molecule has 0 saturated carbocycles. The van der Waals surface area contributed by atoms with Gasteiger partial charge in [-0.3, -0.25) is 0 Å². The quantitative estimate of drug-likeness (QED) is 0.644. The van der Waals surface area contributed by atoms with Gasteiger partial charge >= 0.3 is 0 Å². The van der Waals surface area contributed by atoms with Crippen molar-refractivity contribution in [3.63, 3.8) is 0 Å². The molecule has 0 unspecified atom stereocenters. The molecule has 0 saturated heterocycles. The van der Waals surface area contributed by atoms with E-state index in [-0.39, 0.29) is 5.75 Å². The highest BCUT2D eigenvalue weighted by Crippen LogP contribution is 2.22. The fourth-order valence-corrected chi connectivity index (χ4v) is 1.56. The van der Waals surface area contributed by atoms with Crippen molar-refractivity contribution in [2.24, 2.45) is 0 Å². The second-order valence-corrected chi connectivity index (χ2v) is 3.41. The molecule has 16 heavy (non-hydrogen) atoms. The molecule has 3 rings (SSSR count). The van der Waals surface area contributed by atoms with Crippen LogP contribution < -0.4 is 0 Å². The minimum absolute atomic E-state index is 0.222. The summed E-state index contributed by atoms with van der Waals surface area (Å²) in [5, 5.41) is 19.7. The van der Waals surface area contributed by atoms with Crippen molar-refractivity contribution in [3.8, 4) is 17.0 Å². The van der Waals surface area contributed by atoms with E-state index in [0.717, 1.165) is 16.8 Å². The van der Waals surface area contributed by atoms with Gasteiger partial charge in [0.1, 0.15) is 11.3 Å². The Labute approximate surface area is 90.8 Å². The highest BCUT2D eigenvalue weighted by atomic mass is 16.3. The van der Waals surface area contributed by atoms with Gasteiger partial charge in [-0.15, -0.1) is 5.10 Å². The Morgan fingerprint density at radius 3 is 2.88 bits per heavy atom. The zero-order valence-corrected chi connectivity index (χ0v) is 8.25. The summed E-state index contributed by atoms with van der Waals surface area (Å²) in [5.74, 6) is 0.222. The molecule has 0 atom stereocenters. The Morgan fingerprint density at radius 1 is 1.06 bits per heavy atom. The van der Waals surface area contributed by atoms with Crippen LogP contribution in [0.25, 0.3) is 22.4 Å². The molecule has 5 heteroatoms. The Kier molecular flexibility index (Phi) is 1.83. The van der Waals surface area contributed by atoms with E-state index < -0.39 is 0 Å². The molecule has 0 aliphatic rings. The van der Waals surface area contributed by atoms with Crippen LogP contribution in [0.2, 0.25) is 0 Å². The molecule has 0 fully saturated rings. The van der Waals surface area contributed by atoms with E-state index in [4.69, 9.17) is 0 Å². The van der Waals surface area contributed by atoms with Gasteiger partial charge < -0.3 is 5.11 Å². The number of nitrogens with one attached hydrogen (secondary N) is 1. The molecule has 3 aromatic rings. The standard InChI is InChI=1S/C11H8N4O/c16-8-3-1-2-7(6-8)9-4-5-10-11(12-9)14-15-13-10/h1-6,16H,(H,12,13,14,15). The number of rotatable bonds is 1. The number of aromatic hydroxyl groups is 1. The Morgan fingerprint density at radius 2 is 2.00 bits per heavy atom. The third-order valence-corrected chi connectivity index (χ3v) is 2.32. The molecule has 0 bridgehead atoms. The van der Waals surface area contributed by atoms with E-state index in [9.17, 15) is 5.11 Å². The first-order valence-electron chi connectivity index (χ1n) is 4.80. The van der Waals surface area contributed by atoms with Crippen molar-refractivity contribution < 1.29 is 5.11 Å². The first-order chi connectivity index (χ1) is 7.83. The van der Waals surface area contributed by atoms with Crippen molar-refractivity contribution in [3.05, 3.63) is 36.4 Å². The summed E-state index contributed by atoms with van der Waals surface area (Å²) >= 11 is 0. The lowest BCUT2D eigenvalue weighted by molar-refractivity contribution is 0.475. The van der Waals surface area contributed by atoms with E-state index in [1.807, 2.05) is 18.2 Å². The topological polar surface area (TPSA) is 74.7 Å². The lowest BCUT2D eigenvalue weighted by Crippen LogP contribution is -1.84. The van der Waals surface area contributed by atoms with Gasteiger partial charge in [-0.25, -0.2) is 4.98 Å². The third kappa shape index (κ3) is 1.38. The maximum absolute atomic E-state index is 9.39. The number of hydrogen-bond donors (Lipinski definition) is 2. The van der Waals surface area contributed by atoms with Crippen LogP contribution >= 0.6 is 0 Å².